The smallest absolute Gasteiger partial charge is 0.238 e. The van der Waals surface area contributed by atoms with Crippen LogP contribution in [0.4, 0.5) is 0 Å². The van der Waals surface area contributed by atoms with Crippen molar-refractivity contribution in [2.24, 2.45) is 10.9 Å². The lowest BCUT2D eigenvalue weighted by Crippen LogP contribution is -2.21. The predicted molar refractivity (Wildman–Crippen MR) is 89.7 cm³/mol. The lowest BCUT2D eigenvalue weighted by Gasteiger charge is -2.12. The third-order valence-corrected chi connectivity index (χ3v) is 5.29. The number of benzene rings is 2. The van der Waals surface area contributed by atoms with Gasteiger partial charge >= 0.3 is 0 Å². The van der Waals surface area contributed by atoms with E-state index in [9.17, 15) is 8.42 Å². The number of fused-ring (bicyclic) bond motifs is 1. The Morgan fingerprint density at radius 3 is 2.45 bits per heavy atom. The van der Waals surface area contributed by atoms with Crippen molar-refractivity contribution in [3.8, 4) is 11.1 Å². The van der Waals surface area contributed by atoms with E-state index in [1.54, 1.807) is 23.5 Å². The number of amidine groups is 1. The fraction of sp³-hybridized carbons (Fsp3) is 0. The molecule has 3 rings (SSSR count). The number of sulfonamides is 1. The lowest BCUT2D eigenvalue weighted by atomic mass is 9.98. The van der Waals surface area contributed by atoms with Crippen molar-refractivity contribution in [3.05, 3.63) is 53.4 Å². The van der Waals surface area contributed by atoms with Crippen molar-refractivity contribution in [3.63, 3.8) is 0 Å². The Labute approximate surface area is 131 Å². The molecular formula is C15H13N3O2S2. The van der Waals surface area contributed by atoms with Crippen LogP contribution >= 0.6 is 11.3 Å². The number of nitrogens with one attached hydrogen (secondary N) is 1. The predicted octanol–water partition coefficient (Wildman–Crippen LogP) is 2.50. The highest BCUT2D eigenvalue weighted by molar-refractivity contribution is 7.89. The number of hydrogen-bond acceptors (Lipinski definition) is 4. The van der Waals surface area contributed by atoms with E-state index in [-0.39, 0.29) is 16.3 Å². The molecular weight excluding hydrogens is 318 g/mol. The summed E-state index contributed by atoms with van der Waals surface area (Å²) >= 11 is 1.55. The first-order valence-corrected chi connectivity index (χ1v) is 8.79. The summed E-state index contributed by atoms with van der Waals surface area (Å²) in [6, 6.07) is 12.5. The van der Waals surface area contributed by atoms with Gasteiger partial charge in [-0.25, -0.2) is 13.6 Å². The molecule has 0 aliphatic rings. The maximum absolute atomic E-state index is 11.8. The molecule has 0 aliphatic carbocycles. The van der Waals surface area contributed by atoms with Gasteiger partial charge < -0.3 is 5.73 Å². The van der Waals surface area contributed by atoms with Gasteiger partial charge in [0.1, 0.15) is 5.84 Å². The summed E-state index contributed by atoms with van der Waals surface area (Å²) in [5.41, 5.74) is 7.21. The maximum Gasteiger partial charge on any atom is 0.238 e. The monoisotopic (exact) mass is 331 g/mol. The topological polar surface area (TPSA) is 110 Å². The Hall–Kier alpha value is -2.22. The van der Waals surface area contributed by atoms with Gasteiger partial charge in [0.15, 0.2) is 0 Å². The molecule has 22 heavy (non-hydrogen) atoms. The first-order valence-electron chi connectivity index (χ1n) is 6.36. The Morgan fingerprint density at radius 1 is 1.05 bits per heavy atom. The molecule has 0 unspecified atom stereocenters. The number of rotatable bonds is 3. The molecule has 1 aromatic heterocycles. The van der Waals surface area contributed by atoms with Gasteiger partial charge in [-0.3, -0.25) is 5.41 Å². The van der Waals surface area contributed by atoms with E-state index in [2.05, 4.69) is 0 Å². The summed E-state index contributed by atoms with van der Waals surface area (Å²) in [6.45, 7) is 0. The number of nitrogens with two attached hydrogens (primary N) is 2. The van der Waals surface area contributed by atoms with Gasteiger partial charge in [0.25, 0.3) is 0 Å². The van der Waals surface area contributed by atoms with Crippen LogP contribution in [0.2, 0.25) is 0 Å². The van der Waals surface area contributed by atoms with Gasteiger partial charge in [-0.1, -0.05) is 30.3 Å². The molecule has 0 fully saturated rings. The number of hydrogen-bond donors (Lipinski definition) is 3. The lowest BCUT2D eigenvalue weighted by molar-refractivity contribution is 0.597. The highest BCUT2D eigenvalue weighted by Gasteiger charge is 2.21. The Balaban J connectivity index is 2.39. The first kappa shape index (κ1) is 14.7. The van der Waals surface area contributed by atoms with Crippen molar-refractivity contribution in [1.82, 2.24) is 0 Å². The van der Waals surface area contributed by atoms with Gasteiger partial charge in [0.05, 0.1) is 4.90 Å². The van der Waals surface area contributed by atoms with Gasteiger partial charge in [-0.2, -0.15) is 0 Å². The molecule has 3 aromatic rings. The summed E-state index contributed by atoms with van der Waals surface area (Å²) in [7, 11) is -3.96. The number of primary sulfonamides is 1. The molecule has 0 radical (unpaired) electrons. The molecule has 112 valence electrons. The second kappa shape index (κ2) is 5.20. The summed E-state index contributed by atoms with van der Waals surface area (Å²) < 4.78 is 24.6. The molecule has 0 atom stereocenters. The first-order chi connectivity index (χ1) is 10.4. The number of thiophene rings is 1. The average Bonchev–Trinajstić information content (AvgIpc) is 2.89. The van der Waals surface area contributed by atoms with Crippen LogP contribution in [0, 0.1) is 5.41 Å². The van der Waals surface area contributed by atoms with E-state index in [0.29, 0.717) is 5.56 Å². The third kappa shape index (κ3) is 2.39. The van der Waals surface area contributed by atoms with Gasteiger partial charge in [0.2, 0.25) is 10.0 Å². The fourth-order valence-corrected chi connectivity index (χ4v) is 4.19. The zero-order valence-electron chi connectivity index (χ0n) is 11.4. The highest BCUT2D eigenvalue weighted by Crippen LogP contribution is 2.37. The minimum Gasteiger partial charge on any atom is -0.384 e. The minimum absolute atomic E-state index is 0.132. The quantitative estimate of drug-likeness (QED) is 0.506. The van der Waals surface area contributed by atoms with Crippen molar-refractivity contribution in [2.45, 2.75) is 4.90 Å². The fourth-order valence-electron chi connectivity index (χ4n) is 2.46. The summed E-state index contributed by atoms with van der Waals surface area (Å²) in [6.07, 6.45) is 0. The van der Waals surface area contributed by atoms with E-state index in [0.717, 1.165) is 15.6 Å². The Morgan fingerprint density at radius 2 is 1.77 bits per heavy atom. The largest absolute Gasteiger partial charge is 0.384 e. The van der Waals surface area contributed by atoms with Crippen molar-refractivity contribution in [1.29, 1.82) is 5.41 Å². The van der Waals surface area contributed by atoms with Crippen LogP contribution in [0.25, 0.3) is 21.2 Å². The van der Waals surface area contributed by atoms with Crippen LogP contribution < -0.4 is 10.9 Å². The molecule has 7 heteroatoms. The van der Waals surface area contributed by atoms with Crippen molar-refractivity contribution >= 4 is 37.3 Å². The average molecular weight is 331 g/mol. The molecule has 5 N–H and O–H groups in total. The van der Waals surface area contributed by atoms with Gasteiger partial charge in [-0.05, 0) is 23.1 Å². The second-order valence-electron chi connectivity index (χ2n) is 4.78. The van der Waals surface area contributed by atoms with Crippen molar-refractivity contribution < 1.29 is 8.42 Å². The van der Waals surface area contributed by atoms with Crippen LogP contribution in [0.5, 0.6) is 0 Å². The molecule has 0 saturated carbocycles. The molecule has 1 heterocycles. The van der Waals surface area contributed by atoms with Crippen LogP contribution in [0.15, 0.2) is 52.7 Å². The zero-order valence-corrected chi connectivity index (χ0v) is 13.0. The molecule has 2 aromatic carbocycles. The van der Waals surface area contributed by atoms with Crippen LogP contribution in [0.1, 0.15) is 5.56 Å². The molecule has 0 bridgehead atoms. The molecule has 5 nitrogen and oxygen atoms in total. The molecule has 0 amide bonds. The van der Waals surface area contributed by atoms with Gasteiger partial charge in [-0.15, -0.1) is 11.3 Å². The van der Waals surface area contributed by atoms with E-state index < -0.39 is 10.0 Å². The summed E-state index contributed by atoms with van der Waals surface area (Å²) in [5, 5.41) is 15.9. The molecule has 0 aliphatic heterocycles. The van der Waals surface area contributed by atoms with E-state index in [4.69, 9.17) is 16.3 Å². The van der Waals surface area contributed by atoms with Gasteiger partial charge in [0, 0.05) is 21.2 Å². The van der Waals surface area contributed by atoms with E-state index >= 15 is 0 Å². The van der Waals surface area contributed by atoms with Crippen LogP contribution in [-0.4, -0.2) is 14.3 Å². The molecule has 0 spiro atoms. The molecule has 0 saturated heterocycles. The summed E-state index contributed by atoms with van der Waals surface area (Å²) in [5.74, 6) is -0.324. The SMILES string of the molecule is N=C(N)c1c(-c2csc3ccccc23)cccc1S(N)(=O)=O. The zero-order chi connectivity index (χ0) is 15.9. The highest BCUT2D eigenvalue weighted by atomic mass is 32.2. The minimum atomic E-state index is -3.96. The standard InChI is InChI=1S/C15H13N3O2S2/c16-15(17)14-10(5-3-7-13(14)22(18,19)20)11-8-21-12-6-2-1-4-9(11)12/h1-8H,(H3,16,17)(H2,18,19,20). The second-order valence-corrected chi connectivity index (χ2v) is 7.22. The number of nitrogen functional groups attached to an aromatic ring is 1. The van der Waals surface area contributed by atoms with E-state index in [1.807, 2.05) is 29.6 Å². The third-order valence-electron chi connectivity index (χ3n) is 3.37. The van der Waals surface area contributed by atoms with E-state index in [1.165, 1.54) is 6.07 Å². The Bertz CT molecular complexity index is 991. The van der Waals surface area contributed by atoms with Crippen LogP contribution in [0.3, 0.4) is 0 Å². The maximum atomic E-state index is 11.8. The normalized spacial score (nSPS) is 11.7. The van der Waals surface area contributed by atoms with Crippen LogP contribution in [-0.2, 0) is 10.0 Å². The summed E-state index contributed by atoms with van der Waals surface area (Å²) in [4.78, 5) is -0.132. The van der Waals surface area contributed by atoms with Crippen molar-refractivity contribution in [2.75, 3.05) is 0 Å². The Kier molecular flexibility index (Phi) is 3.48.